The second-order valence-corrected chi connectivity index (χ2v) is 57.7. The molecule has 2 nitrogen and oxygen atoms in total. The normalized spacial score (nSPS) is 12.8. The van der Waals surface area contributed by atoms with E-state index in [9.17, 15) is 0 Å². The van der Waals surface area contributed by atoms with E-state index in [4.69, 9.17) is 0 Å². The van der Waals surface area contributed by atoms with Gasteiger partial charge in [0.2, 0.25) is 0 Å². The first-order valence-corrected chi connectivity index (χ1v) is 59.0. The minimum absolute atomic E-state index is 0.600. The molecule has 0 atom stereocenters. The predicted molar refractivity (Wildman–Crippen MR) is 551 cm³/mol. The predicted octanol–water partition coefficient (Wildman–Crippen LogP) is 37.0. The highest BCUT2D eigenvalue weighted by molar-refractivity contribution is 7.40. The summed E-state index contributed by atoms with van der Waals surface area (Å²) >= 11 is 11.7. The van der Waals surface area contributed by atoms with Gasteiger partial charge in [-0.25, -0.2) is 0 Å². The third-order valence-electron chi connectivity index (χ3n) is 28.5. The van der Waals surface area contributed by atoms with E-state index in [1.807, 2.05) is 45.3 Å². The van der Waals surface area contributed by atoms with Gasteiger partial charge in [0.15, 0.2) is 0 Å². The standard InChI is InChI=1S/C110H164O2S6Si2/c1-17-21-25-29-33-37-41-45-49-53-57-87-61-69-91(70-62-87)109(111,92-71-63-88(64-72-92)58-54-50-46-42-38-34-30-26-22-18-2)103-105(99-77-95-97(113-99)79-101(115-95)119(81(5)6,82(7)8)83(9)10)117-108-104(106(118-107(103)108)100-78-96-98(114-100)80-102(116-96)120(84(11)12,85(13)14)86(15)16)110(112,93-73-65-89(66-74-93)59-55-51-47-43-39-35-31-27-23-19-3)94-75-67-90(68-76-94)60-56-52-48-44-40-36-32-28-24-20-4/h61-86,111-112H,17-60H2,1-16H3. The molecule has 0 amide bonds. The molecule has 0 aliphatic heterocycles. The summed E-state index contributed by atoms with van der Waals surface area (Å²) in [4.78, 5) is 4.62. The van der Waals surface area contributed by atoms with E-state index in [-0.39, 0.29) is 0 Å². The molecule has 660 valence electrons. The van der Waals surface area contributed by atoms with Crippen molar-refractivity contribution >= 4 is 121 Å². The number of hydrogen-bond donors (Lipinski definition) is 2. The number of rotatable bonds is 60. The van der Waals surface area contributed by atoms with Gasteiger partial charge in [0.05, 0.1) is 19.2 Å². The van der Waals surface area contributed by atoms with E-state index in [0.717, 1.165) is 78.2 Å². The average molecular weight is 1770 g/mol. The molecule has 0 unspecified atom stereocenters. The van der Waals surface area contributed by atoms with Crippen molar-refractivity contribution in [2.75, 3.05) is 0 Å². The summed E-state index contributed by atoms with van der Waals surface area (Å²) in [5.41, 5.74) is 11.3. The van der Waals surface area contributed by atoms with Crippen LogP contribution in [0.25, 0.3) is 47.7 Å². The molecule has 0 saturated carbocycles. The SMILES string of the molecule is CCCCCCCCCCCCc1ccc(C(O)(c2ccc(CCCCCCCCCCCC)cc2)c2c(-c3cc4sc([Si](C(C)C)(C(C)C)C(C)C)cc4s3)sc3c(C(O)(c4ccc(CCCCCCCCCCCC)cc4)c4ccc(CCCCCCCCCCCC)cc4)c(-c4cc5sc([Si](C(C)C)(C(C)C)C(C)C)cc5s4)sc23)cc1. The van der Waals surface area contributed by atoms with Gasteiger partial charge >= 0.3 is 0 Å². The quantitative estimate of drug-likeness (QED) is 0.0295. The summed E-state index contributed by atoms with van der Waals surface area (Å²) < 4.78 is 10.8. The highest BCUT2D eigenvalue weighted by Gasteiger charge is 2.49. The Balaban J connectivity index is 1.18. The molecule has 10 aromatic rings. The van der Waals surface area contributed by atoms with Crippen LogP contribution in [0.3, 0.4) is 0 Å². The van der Waals surface area contributed by atoms with Crippen LogP contribution in [0.4, 0.5) is 0 Å². The molecule has 6 heterocycles. The molecular weight excluding hydrogens is 1600 g/mol. The highest BCUT2D eigenvalue weighted by Crippen LogP contribution is 2.61. The maximum atomic E-state index is 15.5. The summed E-state index contributed by atoms with van der Waals surface area (Å²) in [5, 5.41) is 31.1. The second-order valence-electron chi connectivity index (χ2n) is 38.9. The van der Waals surface area contributed by atoms with Gasteiger partial charge < -0.3 is 10.2 Å². The van der Waals surface area contributed by atoms with Crippen molar-refractivity contribution in [3.63, 3.8) is 0 Å². The Labute approximate surface area is 759 Å². The molecule has 6 aromatic heterocycles. The van der Waals surface area contributed by atoms with Crippen LogP contribution in [0, 0.1) is 0 Å². The fourth-order valence-electron chi connectivity index (χ4n) is 21.8. The largest absolute Gasteiger partial charge is 0.376 e. The molecule has 0 bridgehead atoms. The van der Waals surface area contributed by atoms with E-state index in [0.29, 0.717) is 33.2 Å². The van der Waals surface area contributed by atoms with Gasteiger partial charge in [-0.15, -0.1) is 68.0 Å². The van der Waals surface area contributed by atoms with Crippen molar-refractivity contribution in [2.24, 2.45) is 0 Å². The van der Waals surface area contributed by atoms with E-state index >= 15 is 10.2 Å². The molecule has 10 heteroatoms. The van der Waals surface area contributed by atoms with Crippen LogP contribution in [0.1, 0.15) is 423 Å². The molecule has 0 aliphatic carbocycles. The van der Waals surface area contributed by atoms with Crippen molar-refractivity contribution in [3.8, 4) is 19.5 Å². The van der Waals surface area contributed by atoms with E-state index in [1.54, 1.807) is 9.00 Å². The molecule has 0 fully saturated rings. The number of thiophene rings is 6. The molecular formula is C110H164O2S6Si2. The third kappa shape index (κ3) is 24.5. The Hall–Kier alpha value is -3.79. The second kappa shape index (κ2) is 49.5. The summed E-state index contributed by atoms with van der Waals surface area (Å²) in [6, 6.07) is 47.7. The lowest BCUT2D eigenvalue weighted by molar-refractivity contribution is 0.127. The zero-order chi connectivity index (χ0) is 85.7. The third-order valence-corrected chi connectivity index (χ3v) is 51.8. The Morgan fingerprint density at radius 3 is 0.625 bits per heavy atom. The molecule has 0 radical (unpaired) electrons. The van der Waals surface area contributed by atoms with Gasteiger partial charge in [-0.2, -0.15) is 0 Å². The summed E-state index contributed by atoms with van der Waals surface area (Å²) in [7, 11) is -3.98. The molecule has 4 aromatic carbocycles. The molecule has 120 heavy (non-hydrogen) atoms. The Kier molecular flexibility index (Phi) is 40.6. The van der Waals surface area contributed by atoms with Crippen LogP contribution in [0.2, 0.25) is 33.2 Å². The number of benzene rings is 4. The first kappa shape index (κ1) is 98.4. The van der Waals surface area contributed by atoms with Gasteiger partial charge in [-0.1, -0.05) is 439 Å². The van der Waals surface area contributed by atoms with Gasteiger partial charge in [0.1, 0.15) is 27.3 Å². The van der Waals surface area contributed by atoms with Gasteiger partial charge in [-0.3, -0.25) is 0 Å². The first-order valence-electron chi connectivity index (χ1n) is 49.6. The number of aliphatic hydroxyl groups is 2. The lowest BCUT2D eigenvalue weighted by atomic mass is 9.78. The minimum Gasteiger partial charge on any atom is -0.376 e. The van der Waals surface area contributed by atoms with Crippen molar-refractivity contribution < 1.29 is 10.2 Å². The summed E-state index contributed by atoms with van der Waals surface area (Å²) in [5.74, 6) is 0. The highest BCUT2D eigenvalue weighted by atomic mass is 32.1. The molecule has 2 N–H and O–H groups in total. The van der Waals surface area contributed by atoms with Crippen LogP contribution in [0.5, 0.6) is 0 Å². The van der Waals surface area contributed by atoms with Crippen LogP contribution in [-0.4, -0.2) is 26.4 Å². The maximum Gasteiger partial charge on any atom is 0.143 e. The lowest BCUT2D eigenvalue weighted by Crippen LogP contribution is -2.54. The zero-order valence-corrected chi connectivity index (χ0v) is 85.4. The smallest absolute Gasteiger partial charge is 0.143 e. The first-order chi connectivity index (χ1) is 58.1. The van der Waals surface area contributed by atoms with E-state index < -0.39 is 27.3 Å². The summed E-state index contributed by atoms with van der Waals surface area (Å²) in [6.07, 6.45) is 56.9. The number of hydrogen-bond acceptors (Lipinski definition) is 8. The Bertz CT molecular complexity index is 3990. The van der Waals surface area contributed by atoms with Gasteiger partial charge in [0, 0.05) is 39.7 Å². The zero-order valence-electron chi connectivity index (χ0n) is 78.5. The Morgan fingerprint density at radius 1 is 0.242 bits per heavy atom. The lowest BCUT2D eigenvalue weighted by Gasteiger charge is -2.42. The monoisotopic (exact) mass is 1770 g/mol. The van der Waals surface area contributed by atoms with Crippen molar-refractivity contribution in [1.82, 2.24) is 0 Å². The summed E-state index contributed by atoms with van der Waals surface area (Å²) in [6.45, 7) is 39.4. The van der Waals surface area contributed by atoms with Crippen LogP contribution in [-0.2, 0) is 36.9 Å². The minimum atomic E-state index is -1.99. The van der Waals surface area contributed by atoms with Crippen LogP contribution >= 0.6 is 68.0 Å². The Morgan fingerprint density at radius 2 is 0.433 bits per heavy atom. The van der Waals surface area contributed by atoms with Crippen LogP contribution in [0.15, 0.2) is 121 Å². The van der Waals surface area contributed by atoms with Crippen molar-refractivity contribution in [3.05, 3.63) is 177 Å². The fraction of sp³-hybridized carbons (Fsp3) is 0.618. The van der Waals surface area contributed by atoms with Gasteiger partial charge in [-0.05, 0) is 162 Å². The molecule has 0 spiro atoms. The molecule has 0 aliphatic rings. The number of aryl methyl sites for hydroxylation is 4. The van der Waals surface area contributed by atoms with E-state index in [2.05, 4.69) is 255 Å². The number of unbranched alkanes of at least 4 members (excludes halogenated alkanes) is 36. The van der Waals surface area contributed by atoms with E-state index in [1.165, 1.54) is 308 Å². The van der Waals surface area contributed by atoms with Gasteiger partial charge in [0.25, 0.3) is 0 Å². The van der Waals surface area contributed by atoms with Crippen molar-refractivity contribution in [2.45, 2.75) is 438 Å². The molecule has 10 rings (SSSR count). The average Bonchev–Trinajstić information content (AvgIpc) is 1.53. The number of fused-ring (bicyclic) bond motifs is 3. The topological polar surface area (TPSA) is 40.5 Å². The van der Waals surface area contributed by atoms with Crippen LogP contribution < -0.4 is 9.00 Å². The fourth-order valence-corrected chi connectivity index (χ4v) is 48.1. The van der Waals surface area contributed by atoms with Crippen molar-refractivity contribution in [1.29, 1.82) is 0 Å². The maximum absolute atomic E-state index is 15.5. The molecule has 0 saturated heterocycles.